The molecule has 0 aliphatic carbocycles. The number of carbonyl (C=O) groups is 1. The van der Waals surface area contributed by atoms with E-state index < -0.39 is 28.9 Å². The summed E-state index contributed by atoms with van der Waals surface area (Å²) in [6.45, 7) is 1.54. The number of fused-ring (bicyclic) bond motifs is 1. The lowest BCUT2D eigenvalue weighted by Gasteiger charge is -2.15. The van der Waals surface area contributed by atoms with Crippen molar-refractivity contribution < 1.29 is 18.0 Å². The van der Waals surface area contributed by atoms with E-state index in [-0.39, 0.29) is 27.9 Å². The molecular formula is C22H14ClF3N8O2. The number of carbonyl (C=O) groups excluding carboxylic acids is 1. The number of hydrogen-bond donors (Lipinski definition) is 2. The summed E-state index contributed by atoms with van der Waals surface area (Å²) in [5, 5.41) is 14.5. The van der Waals surface area contributed by atoms with E-state index in [1.165, 1.54) is 36.2 Å². The number of para-hydroxylation sites is 1. The van der Waals surface area contributed by atoms with Crippen LogP contribution in [0.2, 0.25) is 5.02 Å². The number of aromatic nitrogens is 7. The number of halogens is 4. The molecule has 1 amide bonds. The van der Waals surface area contributed by atoms with E-state index in [0.717, 1.165) is 12.3 Å². The molecule has 0 atom stereocenters. The molecule has 0 aliphatic heterocycles. The highest BCUT2D eigenvalue weighted by molar-refractivity contribution is 6.32. The molecule has 0 unspecified atom stereocenters. The second-order valence-corrected chi connectivity index (χ2v) is 7.99. The molecule has 182 valence electrons. The Balaban J connectivity index is 1.58. The third-order valence-corrected chi connectivity index (χ3v) is 5.52. The lowest BCUT2D eigenvalue weighted by molar-refractivity contribution is -0.143. The molecule has 0 aliphatic rings. The SMILES string of the molecule is Cc1nc(-n2nccn2)c(Cl)cc1NC(=O)c1cnn(-c2cc(=O)[nH]c3ccccc23)c1C(F)(F)F. The molecule has 0 radical (unpaired) electrons. The standard InChI is InChI=1S/C22H14ClF3N8O2/c1-11-16(8-14(23)20(30-11)34-27-6-7-28-34)32-21(36)13-10-29-33(19(13)22(24,25)26)17-9-18(35)31-15-5-3-2-4-12(15)17/h2-10H,1H3,(H,31,35)(H,32,36). The van der Waals surface area contributed by atoms with Crippen LogP contribution in [0.5, 0.6) is 0 Å². The monoisotopic (exact) mass is 514 g/mol. The molecular weight excluding hydrogens is 501 g/mol. The number of benzene rings is 1. The van der Waals surface area contributed by atoms with Crippen LogP contribution in [0.15, 0.2) is 59.8 Å². The first-order valence-corrected chi connectivity index (χ1v) is 10.6. The highest BCUT2D eigenvalue weighted by atomic mass is 35.5. The van der Waals surface area contributed by atoms with Gasteiger partial charge in [0, 0.05) is 11.5 Å². The predicted molar refractivity (Wildman–Crippen MR) is 124 cm³/mol. The number of aryl methyl sites for hydroxylation is 1. The van der Waals surface area contributed by atoms with Gasteiger partial charge in [0.05, 0.1) is 51.8 Å². The Hall–Kier alpha value is -4.52. The van der Waals surface area contributed by atoms with Gasteiger partial charge in [-0.05, 0) is 19.1 Å². The van der Waals surface area contributed by atoms with E-state index in [9.17, 15) is 22.8 Å². The van der Waals surface area contributed by atoms with E-state index in [4.69, 9.17) is 11.6 Å². The first kappa shape index (κ1) is 23.2. The van der Waals surface area contributed by atoms with Gasteiger partial charge in [0.1, 0.15) is 0 Å². The smallest absolute Gasteiger partial charge is 0.322 e. The molecule has 0 bridgehead atoms. The Morgan fingerprint density at radius 2 is 1.83 bits per heavy atom. The molecule has 0 spiro atoms. The molecule has 0 saturated carbocycles. The molecule has 14 heteroatoms. The molecule has 0 fully saturated rings. The summed E-state index contributed by atoms with van der Waals surface area (Å²) >= 11 is 6.24. The van der Waals surface area contributed by atoms with Crippen LogP contribution in [-0.2, 0) is 6.18 Å². The van der Waals surface area contributed by atoms with Crippen LogP contribution in [-0.4, -0.2) is 40.6 Å². The van der Waals surface area contributed by atoms with E-state index in [1.54, 1.807) is 18.2 Å². The number of alkyl halides is 3. The lowest BCUT2D eigenvalue weighted by Crippen LogP contribution is -2.22. The zero-order chi connectivity index (χ0) is 25.6. The molecule has 4 heterocycles. The van der Waals surface area contributed by atoms with Crippen LogP contribution < -0.4 is 10.9 Å². The quantitative estimate of drug-likeness (QED) is 0.375. The van der Waals surface area contributed by atoms with E-state index in [1.807, 2.05) is 0 Å². The first-order chi connectivity index (χ1) is 17.1. The van der Waals surface area contributed by atoms with Gasteiger partial charge in [-0.25, -0.2) is 9.67 Å². The van der Waals surface area contributed by atoms with E-state index in [0.29, 0.717) is 15.6 Å². The Bertz CT molecular complexity index is 1680. The summed E-state index contributed by atoms with van der Waals surface area (Å²) in [6.07, 6.45) is -1.35. The summed E-state index contributed by atoms with van der Waals surface area (Å²) in [7, 11) is 0. The van der Waals surface area contributed by atoms with Gasteiger partial charge >= 0.3 is 6.18 Å². The van der Waals surface area contributed by atoms with Gasteiger partial charge in [-0.3, -0.25) is 9.59 Å². The summed E-state index contributed by atoms with van der Waals surface area (Å²) in [6, 6.07) is 8.65. The maximum atomic E-state index is 14.2. The number of pyridine rings is 2. The van der Waals surface area contributed by atoms with Crippen molar-refractivity contribution in [2.45, 2.75) is 13.1 Å². The maximum absolute atomic E-state index is 14.2. The summed E-state index contributed by atoms with van der Waals surface area (Å²) < 4.78 is 43.2. The van der Waals surface area contributed by atoms with Crippen LogP contribution in [0, 0.1) is 6.92 Å². The Morgan fingerprint density at radius 3 is 2.56 bits per heavy atom. The summed E-state index contributed by atoms with van der Waals surface area (Å²) in [5.41, 5.74) is -2.17. The summed E-state index contributed by atoms with van der Waals surface area (Å²) in [5.74, 6) is -0.907. The Morgan fingerprint density at radius 1 is 1.11 bits per heavy atom. The minimum absolute atomic E-state index is 0.0637. The number of anilines is 1. The number of amides is 1. The number of nitrogens with one attached hydrogen (secondary N) is 2. The highest BCUT2D eigenvalue weighted by Gasteiger charge is 2.41. The van der Waals surface area contributed by atoms with Crippen LogP contribution in [0.4, 0.5) is 18.9 Å². The zero-order valence-corrected chi connectivity index (χ0v) is 19.0. The number of H-pyrrole nitrogens is 1. The van der Waals surface area contributed by atoms with Crippen molar-refractivity contribution in [2.24, 2.45) is 0 Å². The third-order valence-electron chi connectivity index (χ3n) is 5.24. The van der Waals surface area contributed by atoms with Gasteiger partial charge in [-0.1, -0.05) is 29.8 Å². The topological polar surface area (TPSA) is 123 Å². The molecule has 4 aromatic heterocycles. The van der Waals surface area contributed by atoms with Gasteiger partial charge in [0.15, 0.2) is 11.5 Å². The number of hydrogen-bond acceptors (Lipinski definition) is 6. The molecule has 5 aromatic rings. The van der Waals surface area contributed by atoms with Crippen molar-refractivity contribution in [3.63, 3.8) is 0 Å². The van der Waals surface area contributed by atoms with Crippen LogP contribution in [0.3, 0.4) is 0 Å². The van der Waals surface area contributed by atoms with E-state index in [2.05, 4.69) is 30.6 Å². The normalized spacial score (nSPS) is 11.7. The van der Waals surface area contributed by atoms with Crippen molar-refractivity contribution in [2.75, 3.05) is 5.32 Å². The summed E-state index contributed by atoms with van der Waals surface area (Å²) in [4.78, 5) is 33.1. The van der Waals surface area contributed by atoms with Crippen molar-refractivity contribution in [3.8, 4) is 11.5 Å². The molecule has 36 heavy (non-hydrogen) atoms. The minimum atomic E-state index is -4.98. The minimum Gasteiger partial charge on any atom is -0.322 e. The Kier molecular flexibility index (Phi) is 5.55. The maximum Gasteiger partial charge on any atom is 0.434 e. The Labute approximate surface area is 204 Å². The molecule has 2 N–H and O–H groups in total. The van der Waals surface area contributed by atoms with Gasteiger partial charge in [0.25, 0.3) is 11.5 Å². The third kappa shape index (κ3) is 4.09. The highest BCUT2D eigenvalue weighted by Crippen LogP contribution is 2.35. The number of nitrogens with zero attached hydrogens (tertiary/aromatic N) is 6. The van der Waals surface area contributed by atoms with Crippen molar-refractivity contribution in [1.82, 2.24) is 34.7 Å². The average Bonchev–Trinajstić information content (AvgIpc) is 3.51. The van der Waals surface area contributed by atoms with Gasteiger partial charge < -0.3 is 10.3 Å². The zero-order valence-electron chi connectivity index (χ0n) is 18.2. The fraction of sp³-hybridized carbons (Fsp3) is 0.0909. The first-order valence-electron chi connectivity index (χ1n) is 10.3. The van der Waals surface area contributed by atoms with Crippen LogP contribution in [0.25, 0.3) is 22.4 Å². The van der Waals surface area contributed by atoms with Crippen molar-refractivity contribution >= 4 is 34.1 Å². The fourth-order valence-corrected chi connectivity index (χ4v) is 3.91. The van der Waals surface area contributed by atoms with Crippen molar-refractivity contribution in [3.05, 3.63) is 87.3 Å². The van der Waals surface area contributed by atoms with E-state index >= 15 is 0 Å². The molecule has 10 nitrogen and oxygen atoms in total. The van der Waals surface area contributed by atoms with Gasteiger partial charge in [-0.15, -0.1) is 4.80 Å². The second-order valence-electron chi connectivity index (χ2n) is 7.58. The van der Waals surface area contributed by atoms with Crippen LogP contribution in [0.1, 0.15) is 21.7 Å². The second kappa shape index (κ2) is 8.61. The predicted octanol–water partition coefficient (Wildman–Crippen LogP) is 3.92. The average molecular weight is 515 g/mol. The van der Waals surface area contributed by atoms with Crippen LogP contribution >= 0.6 is 11.6 Å². The number of rotatable bonds is 4. The number of aromatic amines is 1. The fourth-order valence-electron chi connectivity index (χ4n) is 3.68. The van der Waals surface area contributed by atoms with Crippen molar-refractivity contribution in [1.29, 1.82) is 0 Å². The van der Waals surface area contributed by atoms with Gasteiger partial charge in [0.2, 0.25) is 0 Å². The lowest BCUT2D eigenvalue weighted by atomic mass is 10.1. The van der Waals surface area contributed by atoms with Gasteiger partial charge in [-0.2, -0.15) is 28.5 Å². The molecule has 5 rings (SSSR count). The molecule has 1 aromatic carbocycles. The molecule has 0 saturated heterocycles. The largest absolute Gasteiger partial charge is 0.434 e.